The Morgan fingerprint density at radius 2 is 1.13 bits per heavy atom. The van der Waals surface area contributed by atoms with E-state index < -0.39 is 120 Å². The van der Waals surface area contributed by atoms with Gasteiger partial charge in [0.05, 0.1) is 161 Å². The topological polar surface area (TPSA) is 418 Å². The number of methoxy groups -OCH3 is 4. The molecule has 0 bridgehead atoms. The fourth-order valence-corrected chi connectivity index (χ4v) is 14.6. The van der Waals surface area contributed by atoms with Gasteiger partial charge < -0.3 is 104 Å². The van der Waals surface area contributed by atoms with Gasteiger partial charge in [-0.2, -0.15) is 0 Å². The molecule has 126 heavy (non-hydrogen) atoms. The Morgan fingerprint density at radius 3 is 1.66 bits per heavy atom. The van der Waals surface area contributed by atoms with Gasteiger partial charge in [0, 0.05) is 91.9 Å². The molecule has 34 nitrogen and oxygen atoms in total. The largest absolute Gasteiger partial charge is 0.466 e. The molecule has 1 aliphatic heterocycles. The van der Waals surface area contributed by atoms with Gasteiger partial charge in [0.15, 0.2) is 11.6 Å². The number of Topliss-reactive ketones (excluding diaryl/α,β-unsaturated/α-hetero) is 1. The first-order chi connectivity index (χ1) is 60.3. The van der Waals surface area contributed by atoms with Crippen LogP contribution in [0, 0.1) is 35.5 Å². The van der Waals surface area contributed by atoms with Crippen molar-refractivity contribution in [3.05, 3.63) is 77.9 Å². The van der Waals surface area contributed by atoms with E-state index in [1.165, 1.54) is 46.3 Å². The van der Waals surface area contributed by atoms with Crippen LogP contribution in [0.5, 0.6) is 0 Å². The third-order valence-corrected chi connectivity index (χ3v) is 22.3. The van der Waals surface area contributed by atoms with Gasteiger partial charge in [0.1, 0.15) is 24.7 Å². The van der Waals surface area contributed by atoms with Crippen molar-refractivity contribution in [1.29, 1.82) is 0 Å². The van der Waals surface area contributed by atoms with Crippen molar-refractivity contribution in [1.82, 2.24) is 41.3 Å². The molecule has 0 spiro atoms. The molecule has 13 atom stereocenters. The van der Waals surface area contributed by atoms with Crippen LogP contribution >= 0.6 is 0 Å². The third-order valence-electron chi connectivity index (χ3n) is 22.3. The normalized spacial score (nSPS) is 15.7. The quantitative estimate of drug-likeness (QED) is 0.0188. The van der Waals surface area contributed by atoms with Crippen LogP contribution in [-0.2, 0) is 116 Å². The van der Waals surface area contributed by atoms with E-state index in [4.69, 9.17) is 52.1 Å². The number of carbonyl (C=O) groups is 12. The number of likely N-dealkylation sites (tertiary alicyclic amines) is 1. The van der Waals surface area contributed by atoms with Gasteiger partial charge in [-0.05, 0) is 112 Å². The molecule has 3 rings (SSSR count). The number of amides is 9. The maximum atomic E-state index is 14.9. The molecule has 714 valence electrons. The van der Waals surface area contributed by atoms with Gasteiger partial charge in [-0.1, -0.05) is 124 Å². The molecular formula is C92H151N9O25. The van der Waals surface area contributed by atoms with Crippen LogP contribution in [-0.4, -0.2) is 300 Å². The monoisotopic (exact) mass is 1780 g/mol. The first-order valence-electron chi connectivity index (χ1n) is 44.7. The Labute approximate surface area is 747 Å². The van der Waals surface area contributed by atoms with Crippen molar-refractivity contribution >= 4 is 76.6 Å². The maximum Gasteiger partial charge on any atom is 0.410 e. The number of aliphatic hydroxyl groups is 1. The van der Waals surface area contributed by atoms with Crippen molar-refractivity contribution in [3.8, 4) is 0 Å². The summed E-state index contributed by atoms with van der Waals surface area (Å²) in [4.78, 5) is 168. The Balaban J connectivity index is 1.55. The van der Waals surface area contributed by atoms with Crippen LogP contribution in [0.1, 0.15) is 190 Å². The summed E-state index contributed by atoms with van der Waals surface area (Å²) in [5.41, 5.74) is 1.55. The molecule has 1 aliphatic rings. The lowest BCUT2D eigenvalue weighted by Gasteiger charge is -2.41. The van der Waals surface area contributed by atoms with Crippen LogP contribution in [0.2, 0.25) is 0 Å². The number of benzene rings is 2. The first kappa shape index (κ1) is 112. The highest BCUT2D eigenvalue weighted by Gasteiger charge is 2.44. The van der Waals surface area contributed by atoms with E-state index in [9.17, 15) is 62.6 Å². The zero-order valence-electron chi connectivity index (χ0n) is 78.0. The zero-order chi connectivity index (χ0) is 93.5. The summed E-state index contributed by atoms with van der Waals surface area (Å²) in [6.45, 7) is 26.3. The molecule has 34 heteroatoms. The second-order valence-electron chi connectivity index (χ2n) is 33.0. The molecule has 0 aromatic heterocycles. The number of hydrogen-bond acceptors (Lipinski definition) is 25. The summed E-state index contributed by atoms with van der Waals surface area (Å²) in [5.74, 6) is -7.59. The number of nitrogens with zero attached hydrogens (tertiary/aromatic N) is 3. The van der Waals surface area contributed by atoms with Crippen LogP contribution in [0.25, 0.3) is 0 Å². The molecule has 0 saturated carbocycles. The van der Waals surface area contributed by atoms with Gasteiger partial charge in [-0.25, -0.2) is 9.59 Å². The molecule has 2 aromatic rings. The highest BCUT2D eigenvalue weighted by molar-refractivity contribution is 5.99. The van der Waals surface area contributed by atoms with Crippen LogP contribution < -0.4 is 31.9 Å². The fraction of sp³-hybridized carbons (Fsp3) is 0.717. The van der Waals surface area contributed by atoms with Crippen molar-refractivity contribution in [2.75, 3.05) is 160 Å². The third kappa shape index (κ3) is 43.1. The minimum atomic E-state index is -1.10. The number of unbranched alkanes of at least 4 members (excludes halogenated alkanes) is 4. The number of rotatable bonds is 69. The number of hydrogen-bond donors (Lipinski definition) is 7. The predicted octanol–water partition coefficient (Wildman–Crippen LogP) is 7.82. The minimum Gasteiger partial charge on any atom is -0.466 e. The average molecular weight is 1780 g/mol. The standard InChI is InChI=1S/C92H151N9O25/c1-18-65(8)84(77(116-15)60-80(106)101-43-28-33-75(101)86(118-17)66(9)87(109)94-67(10)85(108)70-29-22-21-23-30-70)99(12)91(113)82(63(4)5)98-90(112)83(64(6)7)100(13)92(114)126-61-69-35-37-71(38-36-69)96-88(110)68(11)95-89(111)73(62(2)3)59-76(103)74(97-79(105)34-25-20-19-24-31-72(102)39-40-81(107)117-16)32-26-27-42-93-78(104)41-44-119-47-48-121-51-52-123-55-56-125-58-57-124-54-53-122-50-49-120-46-45-115-14/h21-23,29-30,35-40,62-68,73-75,77,82-86,108H,18-20,24-28,31-34,41-61H2,1-17H3,(H,93,104)(H,94,109)(H,95,111)(H,96,110)(H,97,105)(H,98,112)/b40-39-/t65-,66+,67+,68-,73-,74-,75-,77+,82-,83-,84-,85+,86+/m0/s1. The van der Waals surface area contributed by atoms with Crippen molar-refractivity contribution in [2.45, 2.75) is 240 Å². The van der Waals surface area contributed by atoms with Gasteiger partial charge in [0.2, 0.25) is 47.3 Å². The highest BCUT2D eigenvalue weighted by Crippen LogP contribution is 2.31. The molecule has 1 heterocycles. The Morgan fingerprint density at radius 1 is 0.556 bits per heavy atom. The summed E-state index contributed by atoms with van der Waals surface area (Å²) in [5, 5.41) is 28.2. The van der Waals surface area contributed by atoms with Gasteiger partial charge in [-0.3, -0.25) is 52.8 Å². The number of allylic oxidation sites excluding steroid dienone is 1. The van der Waals surface area contributed by atoms with Crippen molar-refractivity contribution in [2.24, 2.45) is 35.5 Å². The minimum absolute atomic E-state index is 0.0992. The van der Waals surface area contributed by atoms with Gasteiger partial charge in [-0.15, -0.1) is 0 Å². The molecule has 1 saturated heterocycles. The SMILES string of the molecule is CC[C@H](C)[C@@H]([C@@H](CC(=O)N1CCC[C@H]1[C@H](OC)[C@@H](C)C(=O)N[C@H](C)[C@@H](O)c1ccccc1)OC)N(C)C(=O)[C@@H](NC(=O)[C@H](C(C)C)N(C)C(=O)OCc1ccc(NC(=O)[C@H](C)NC(=O)[C@@H](CC(=O)[C@H](CCCCNC(=O)CCOCCOCCOCCOCCOCCOCCOCCOC)NC(=O)CCCCCCC(=O)/C=C\C(=O)OC)C(C)C)cc1)C(C)C. The zero-order valence-corrected chi connectivity index (χ0v) is 78.0. The fourth-order valence-electron chi connectivity index (χ4n) is 14.6. The van der Waals surface area contributed by atoms with Gasteiger partial charge in [0.25, 0.3) is 0 Å². The summed E-state index contributed by atoms with van der Waals surface area (Å²) in [6, 6.07) is 9.58. The van der Waals surface area contributed by atoms with Crippen LogP contribution in [0.3, 0.4) is 0 Å². The van der Waals surface area contributed by atoms with Crippen LogP contribution in [0.15, 0.2) is 66.7 Å². The molecule has 2 aromatic carbocycles. The second-order valence-corrected chi connectivity index (χ2v) is 33.0. The Kier molecular flexibility index (Phi) is 57.1. The van der Waals surface area contributed by atoms with Crippen molar-refractivity contribution < 1.29 is 119 Å². The van der Waals surface area contributed by atoms with E-state index in [2.05, 4.69) is 36.6 Å². The Bertz CT molecular complexity index is 3540. The molecule has 0 aliphatic carbocycles. The summed E-state index contributed by atoms with van der Waals surface area (Å²) < 4.78 is 65.7. The number of carbonyl (C=O) groups excluding carboxylic acids is 12. The number of aliphatic hydroxyl groups excluding tert-OH is 1. The predicted molar refractivity (Wildman–Crippen MR) is 474 cm³/mol. The highest BCUT2D eigenvalue weighted by atomic mass is 16.6. The molecule has 0 radical (unpaired) electrons. The molecule has 1 fully saturated rings. The molecule has 9 amide bonds. The van der Waals surface area contributed by atoms with E-state index >= 15 is 0 Å². The second kappa shape index (κ2) is 64.3. The molecule has 7 N–H and O–H groups in total. The lowest BCUT2D eigenvalue weighted by Crippen LogP contribution is -2.60. The van der Waals surface area contributed by atoms with E-state index in [1.807, 2.05) is 32.0 Å². The van der Waals surface area contributed by atoms with Crippen molar-refractivity contribution in [3.63, 3.8) is 0 Å². The van der Waals surface area contributed by atoms with Gasteiger partial charge >= 0.3 is 12.1 Å². The number of nitrogens with one attached hydrogen (secondary N) is 6. The smallest absolute Gasteiger partial charge is 0.410 e. The number of ketones is 2. The number of esters is 1. The van der Waals surface area contributed by atoms with Crippen LogP contribution in [0.4, 0.5) is 10.5 Å². The summed E-state index contributed by atoms with van der Waals surface area (Å²) in [7, 11) is 8.92. The van der Waals surface area contributed by atoms with E-state index in [0.717, 1.165) is 6.08 Å². The lowest BCUT2D eigenvalue weighted by molar-refractivity contribution is -0.148. The summed E-state index contributed by atoms with van der Waals surface area (Å²) >= 11 is 0. The average Bonchev–Trinajstić information content (AvgIpc) is 1.53. The van der Waals surface area contributed by atoms with E-state index in [0.29, 0.717) is 174 Å². The lowest BCUT2D eigenvalue weighted by atomic mass is 9.87. The maximum absolute atomic E-state index is 14.9. The van der Waals surface area contributed by atoms with E-state index in [-0.39, 0.29) is 105 Å². The number of ether oxygens (including phenoxy) is 12. The summed E-state index contributed by atoms with van der Waals surface area (Å²) in [6.07, 6.45) is 4.37. The molecular weight excluding hydrogens is 1630 g/mol. The molecule has 0 unspecified atom stereocenters. The van der Waals surface area contributed by atoms with E-state index in [1.54, 1.807) is 116 Å². The number of anilines is 1. The first-order valence-corrected chi connectivity index (χ1v) is 44.7. The number of likely N-dealkylation sites (N-methyl/N-ethyl adjacent to an activating group) is 2. The Hall–Kier alpha value is -8.42.